The Morgan fingerprint density at radius 1 is 0.935 bits per heavy atom. The zero-order valence-corrected chi connectivity index (χ0v) is 35.7. The number of nitrogens with zero attached hydrogens (tertiary/aromatic N) is 2. The fourth-order valence-electron chi connectivity index (χ4n) is 9.51. The van der Waals surface area contributed by atoms with E-state index in [-0.39, 0.29) is 63.9 Å². The molecule has 332 valence electrons. The number of fused-ring (bicyclic) bond motifs is 3. The fraction of sp³-hybridized carbons (Fsp3) is 0.479. The number of allylic oxidation sites excluding steroid dienone is 1. The highest BCUT2D eigenvalue weighted by Crippen LogP contribution is 2.62. The second-order valence-electron chi connectivity index (χ2n) is 15.9. The fourth-order valence-corrected chi connectivity index (χ4v) is 9.51. The molecule has 0 saturated heterocycles. The van der Waals surface area contributed by atoms with E-state index in [1.807, 2.05) is 61.5 Å². The minimum Gasteiger partial charge on any atom is -0.459 e. The molecule has 7 rings (SSSR count). The second kappa shape index (κ2) is 21.0. The summed E-state index contributed by atoms with van der Waals surface area (Å²) < 4.78 is 37.4. The number of ether oxygens (including phenoxy) is 6. The van der Waals surface area contributed by atoms with Gasteiger partial charge in [0.05, 0.1) is 24.8 Å². The van der Waals surface area contributed by atoms with E-state index in [0.29, 0.717) is 54.7 Å². The number of carbonyl (C=O) groups is 2. The van der Waals surface area contributed by atoms with Gasteiger partial charge in [0, 0.05) is 44.2 Å². The van der Waals surface area contributed by atoms with Gasteiger partial charge in [-0.15, -0.1) is 6.58 Å². The van der Waals surface area contributed by atoms with Crippen LogP contribution in [0.2, 0.25) is 0 Å². The van der Waals surface area contributed by atoms with E-state index in [0.717, 1.165) is 47.9 Å². The Morgan fingerprint density at radius 3 is 2.47 bits per heavy atom. The maximum absolute atomic E-state index is 14.4. The summed E-state index contributed by atoms with van der Waals surface area (Å²) in [5.74, 6) is -0.320. The van der Waals surface area contributed by atoms with Gasteiger partial charge in [-0.3, -0.25) is 4.90 Å². The van der Waals surface area contributed by atoms with Crippen LogP contribution < -0.4 is 24.3 Å². The molecule has 3 aromatic carbocycles. The summed E-state index contributed by atoms with van der Waals surface area (Å²) in [5, 5.41) is 27.4. The van der Waals surface area contributed by atoms with Gasteiger partial charge in [-0.25, -0.2) is 9.59 Å². The predicted molar refractivity (Wildman–Crippen MR) is 231 cm³/mol. The number of hydrogen-bond acceptors (Lipinski definition) is 12. The number of unbranched alkanes of at least 4 members (excludes halogenated alkanes) is 2. The zero-order chi connectivity index (χ0) is 43.5. The van der Waals surface area contributed by atoms with Crippen molar-refractivity contribution in [3.05, 3.63) is 108 Å². The molecule has 2 aliphatic heterocycles. The number of aliphatic hydroxyl groups excluding tert-OH is 2. The molecule has 0 radical (unpaired) electrons. The van der Waals surface area contributed by atoms with Crippen LogP contribution in [-0.4, -0.2) is 84.7 Å². The van der Waals surface area contributed by atoms with E-state index in [1.54, 1.807) is 30.0 Å². The van der Waals surface area contributed by atoms with Crippen molar-refractivity contribution in [3.8, 4) is 23.0 Å². The van der Waals surface area contributed by atoms with Gasteiger partial charge in [-0.2, -0.15) is 0 Å². The number of hydrogen-bond donors (Lipinski definition) is 3. The molecule has 1 fully saturated rings. The van der Waals surface area contributed by atoms with Crippen LogP contribution in [0.15, 0.2) is 96.2 Å². The highest BCUT2D eigenvalue weighted by molar-refractivity contribution is 6.03. The zero-order valence-electron chi connectivity index (χ0n) is 35.7. The van der Waals surface area contributed by atoms with Crippen molar-refractivity contribution in [1.82, 2.24) is 10.2 Å². The van der Waals surface area contributed by atoms with Gasteiger partial charge in [-0.05, 0) is 98.4 Å². The van der Waals surface area contributed by atoms with Crippen molar-refractivity contribution in [2.75, 3.05) is 39.8 Å². The molecule has 3 aromatic rings. The molecule has 14 nitrogen and oxygen atoms in total. The average Bonchev–Trinajstić information content (AvgIpc) is 3.76. The number of nitrogens with one attached hydrogen (secondary N) is 1. The Morgan fingerprint density at radius 2 is 1.71 bits per heavy atom. The number of oxime groups is 1. The minimum atomic E-state index is -1.51. The number of benzene rings is 3. The molecule has 3 N–H and O–H groups in total. The van der Waals surface area contributed by atoms with Crippen molar-refractivity contribution >= 4 is 17.9 Å². The lowest BCUT2D eigenvalue weighted by Gasteiger charge is -2.59. The van der Waals surface area contributed by atoms with Crippen molar-refractivity contribution in [3.63, 3.8) is 0 Å². The van der Waals surface area contributed by atoms with Gasteiger partial charge >= 0.3 is 12.2 Å². The Kier molecular flexibility index (Phi) is 15.1. The second-order valence-corrected chi connectivity index (χ2v) is 15.9. The third-order valence-electron chi connectivity index (χ3n) is 12.1. The first-order chi connectivity index (χ1) is 30.3. The van der Waals surface area contributed by atoms with Crippen LogP contribution in [-0.2, 0) is 27.4 Å². The number of rotatable bonds is 20. The summed E-state index contributed by atoms with van der Waals surface area (Å²) in [5.41, 5.74) is 4.08. The van der Waals surface area contributed by atoms with E-state index in [4.69, 9.17) is 38.4 Å². The Hall–Kier alpha value is -5.57. The van der Waals surface area contributed by atoms with Crippen LogP contribution in [0.25, 0.3) is 0 Å². The maximum Gasteiger partial charge on any atom is 0.412 e. The van der Waals surface area contributed by atoms with Crippen LogP contribution in [0, 0.1) is 17.8 Å². The third-order valence-corrected chi connectivity index (χ3v) is 12.1. The molecule has 4 aliphatic rings. The molecule has 0 bridgehead atoms. The monoisotopic (exact) mass is 853 g/mol. The molecule has 0 spiro atoms. The highest BCUT2D eigenvalue weighted by atomic mass is 16.7. The lowest BCUT2D eigenvalue weighted by atomic mass is 9.55. The molecule has 2 heterocycles. The molecule has 1 saturated carbocycles. The van der Waals surface area contributed by atoms with Crippen LogP contribution in [0.5, 0.6) is 23.0 Å². The standard InChI is InChI=1S/C48H59N3O11/c1-4-24-59-48-43(51(47(55)56-5-2)30-33-18-20-41-42(25-33)58-31-57-41)28-39(50-60-6-3)37-26-34(16-10-12-22-52)36(17-11-13-23-53)44(45(37)48)38-27-35(19-21-40(38)62-48)61-46(54)49-29-32-14-8-7-9-15-32/h4,7-9,14-15,18-21,25-27,34,36,43-45,52-53H,1,5-6,10-13,16-17,22-24,28-31H2,2-3H3,(H,49,54)/t34-,36+,43-,44+,45+,48+/m0/s1. The summed E-state index contributed by atoms with van der Waals surface area (Å²) in [6.45, 7) is 8.86. The van der Waals surface area contributed by atoms with Gasteiger partial charge in [-0.1, -0.05) is 66.5 Å². The minimum absolute atomic E-state index is 0.0245. The number of amides is 2. The van der Waals surface area contributed by atoms with Gasteiger partial charge in [0.1, 0.15) is 24.1 Å². The topological polar surface area (TPSA) is 167 Å². The summed E-state index contributed by atoms with van der Waals surface area (Å²) in [6, 6.07) is 19.8. The van der Waals surface area contributed by atoms with Gasteiger partial charge < -0.3 is 48.8 Å². The molecule has 0 unspecified atom stereocenters. The first kappa shape index (κ1) is 44.5. The van der Waals surface area contributed by atoms with E-state index in [2.05, 4.69) is 18.0 Å². The summed E-state index contributed by atoms with van der Waals surface area (Å²) in [4.78, 5) is 35.2. The van der Waals surface area contributed by atoms with Gasteiger partial charge in [0.2, 0.25) is 12.6 Å². The largest absolute Gasteiger partial charge is 0.459 e. The summed E-state index contributed by atoms with van der Waals surface area (Å²) in [6.07, 6.45) is 7.33. The molecule has 62 heavy (non-hydrogen) atoms. The van der Waals surface area contributed by atoms with E-state index in [1.165, 1.54) is 0 Å². The molecule has 2 amide bonds. The smallest absolute Gasteiger partial charge is 0.412 e. The summed E-state index contributed by atoms with van der Waals surface area (Å²) in [7, 11) is 0. The quantitative estimate of drug-likeness (QED) is 0.0573. The Labute approximate surface area is 363 Å². The highest BCUT2D eigenvalue weighted by Gasteiger charge is 2.65. The Balaban J connectivity index is 1.39. The summed E-state index contributed by atoms with van der Waals surface area (Å²) >= 11 is 0. The molecule has 6 atom stereocenters. The molecule has 2 aliphatic carbocycles. The number of aliphatic hydroxyl groups is 2. The van der Waals surface area contributed by atoms with Crippen molar-refractivity contribution < 1.29 is 53.1 Å². The van der Waals surface area contributed by atoms with Crippen LogP contribution in [0.3, 0.4) is 0 Å². The van der Waals surface area contributed by atoms with E-state index in [9.17, 15) is 19.8 Å². The molecular formula is C48H59N3O11. The van der Waals surface area contributed by atoms with Gasteiger partial charge in [0.15, 0.2) is 11.5 Å². The van der Waals surface area contributed by atoms with Crippen LogP contribution >= 0.6 is 0 Å². The molecule has 14 heteroatoms. The first-order valence-corrected chi connectivity index (χ1v) is 21.9. The first-order valence-electron chi connectivity index (χ1n) is 21.9. The average molecular weight is 854 g/mol. The normalized spacial score (nSPS) is 23.6. The van der Waals surface area contributed by atoms with Gasteiger partial charge in [0.25, 0.3) is 0 Å². The van der Waals surface area contributed by atoms with Crippen molar-refractivity contribution in [2.45, 2.75) is 89.6 Å². The lowest BCUT2D eigenvalue weighted by Crippen LogP contribution is -2.70. The maximum atomic E-state index is 14.4. The van der Waals surface area contributed by atoms with E-state index < -0.39 is 29.9 Å². The Bertz CT molecular complexity index is 2080. The van der Waals surface area contributed by atoms with Crippen molar-refractivity contribution in [2.24, 2.45) is 22.9 Å². The third kappa shape index (κ3) is 9.72. The predicted octanol–water partition coefficient (Wildman–Crippen LogP) is 8.02. The van der Waals surface area contributed by atoms with Crippen molar-refractivity contribution in [1.29, 1.82) is 0 Å². The number of carbonyl (C=O) groups excluding carboxylic acids is 2. The van der Waals surface area contributed by atoms with Crippen LogP contribution in [0.4, 0.5) is 9.59 Å². The lowest BCUT2D eigenvalue weighted by molar-refractivity contribution is -0.256. The van der Waals surface area contributed by atoms with Crippen LogP contribution in [0.1, 0.15) is 81.4 Å². The van der Waals surface area contributed by atoms with E-state index >= 15 is 0 Å². The molecule has 0 aromatic heterocycles. The molecular weight excluding hydrogens is 795 g/mol. The SMILES string of the molecule is C=CCO[C@@]12Oc3ccc(OC(=O)NCc4ccccc4)cc3[C@H]3[C@H](CCCCO)[C@@H](CCCCO)C=C(C(=NOCC)C[C@@H]1N(Cc1ccc4c(c1)OCO4)C(=O)OCC)[C@H]32.